The average molecular weight is 416 g/mol. The van der Waals surface area contributed by atoms with Crippen LogP contribution in [0.2, 0.25) is 0 Å². The van der Waals surface area contributed by atoms with Gasteiger partial charge < -0.3 is 14.8 Å². The number of hydrogen-bond donors (Lipinski definition) is 1. The molecule has 0 bridgehead atoms. The highest BCUT2D eigenvalue weighted by atomic mass is 16.5. The molecule has 7 heteroatoms. The molecule has 4 rings (SSSR count). The van der Waals surface area contributed by atoms with Gasteiger partial charge in [0.05, 0.1) is 37.6 Å². The molecule has 3 aromatic rings. The fraction of sp³-hybridized carbons (Fsp3) is 0.125. The first kappa shape index (κ1) is 20.2. The van der Waals surface area contributed by atoms with E-state index >= 15 is 0 Å². The Hall–Kier alpha value is -4.13. The maximum absolute atomic E-state index is 12.7. The van der Waals surface area contributed by atoms with Crippen molar-refractivity contribution < 1.29 is 23.9 Å². The van der Waals surface area contributed by atoms with Crippen LogP contribution in [0.1, 0.15) is 36.6 Å². The summed E-state index contributed by atoms with van der Waals surface area (Å²) in [5.41, 5.74) is 2.48. The van der Waals surface area contributed by atoms with Crippen molar-refractivity contribution in [3.8, 4) is 11.5 Å². The van der Waals surface area contributed by atoms with Crippen LogP contribution in [0.15, 0.2) is 66.7 Å². The van der Waals surface area contributed by atoms with Crippen LogP contribution in [0.5, 0.6) is 11.5 Å². The van der Waals surface area contributed by atoms with E-state index < -0.39 is 0 Å². The number of nitrogens with one attached hydrogen (secondary N) is 1. The third-order valence-electron chi connectivity index (χ3n) is 5.09. The number of hydrogen-bond acceptors (Lipinski definition) is 5. The van der Waals surface area contributed by atoms with Crippen LogP contribution in [0.25, 0.3) is 0 Å². The topological polar surface area (TPSA) is 84.9 Å². The van der Waals surface area contributed by atoms with E-state index in [9.17, 15) is 14.4 Å². The van der Waals surface area contributed by atoms with E-state index in [1.165, 1.54) is 12.0 Å². The van der Waals surface area contributed by atoms with Gasteiger partial charge in [-0.15, -0.1) is 0 Å². The summed E-state index contributed by atoms with van der Waals surface area (Å²) < 4.78 is 10.5. The minimum atomic E-state index is -0.321. The van der Waals surface area contributed by atoms with Crippen molar-refractivity contribution in [3.63, 3.8) is 0 Å². The molecule has 1 N–H and O–H groups in total. The van der Waals surface area contributed by atoms with Gasteiger partial charge in [0.1, 0.15) is 11.5 Å². The van der Waals surface area contributed by atoms with Gasteiger partial charge in [0, 0.05) is 11.6 Å². The average Bonchev–Trinajstić information content (AvgIpc) is 3.04. The van der Waals surface area contributed by atoms with Gasteiger partial charge in [-0.3, -0.25) is 19.3 Å². The molecule has 0 aromatic heterocycles. The number of ether oxygens (including phenoxy) is 2. The second-order valence-corrected chi connectivity index (χ2v) is 6.96. The van der Waals surface area contributed by atoms with E-state index in [4.69, 9.17) is 9.47 Å². The maximum atomic E-state index is 12.7. The molecule has 31 heavy (non-hydrogen) atoms. The van der Waals surface area contributed by atoms with Crippen molar-refractivity contribution in [3.05, 3.63) is 89.0 Å². The zero-order chi connectivity index (χ0) is 22.0. The fourth-order valence-corrected chi connectivity index (χ4v) is 3.43. The highest BCUT2D eigenvalue weighted by molar-refractivity contribution is 6.21. The number of methoxy groups -OCH3 is 2. The molecule has 7 nitrogen and oxygen atoms in total. The lowest BCUT2D eigenvalue weighted by molar-refractivity contribution is 0.0642. The third kappa shape index (κ3) is 3.85. The van der Waals surface area contributed by atoms with Gasteiger partial charge in [0.25, 0.3) is 17.7 Å². The predicted octanol–water partition coefficient (Wildman–Crippen LogP) is 3.75. The van der Waals surface area contributed by atoms with Crippen LogP contribution in [0, 0.1) is 0 Å². The minimum absolute atomic E-state index is 0.137. The van der Waals surface area contributed by atoms with E-state index in [2.05, 4.69) is 5.32 Å². The Labute approximate surface area is 179 Å². The lowest BCUT2D eigenvalue weighted by Crippen LogP contribution is -2.29. The van der Waals surface area contributed by atoms with Crippen LogP contribution in [-0.4, -0.2) is 36.8 Å². The molecule has 156 valence electrons. The monoisotopic (exact) mass is 416 g/mol. The number of rotatable bonds is 6. The molecule has 3 amide bonds. The number of fused-ring (bicyclic) bond motifs is 1. The van der Waals surface area contributed by atoms with E-state index in [-0.39, 0.29) is 24.3 Å². The predicted molar refractivity (Wildman–Crippen MR) is 115 cm³/mol. The summed E-state index contributed by atoms with van der Waals surface area (Å²) in [4.78, 5) is 38.9. The Morgan fingerprint density at radius 1 is 0.871 bits per heavy atom. The molecule has 0 atom stereocenters. The molecule has 0 spiro atoms. The summed E-state index contributed by atoms with van der Waals surface area (Å²) in [5, 5.41) is 2.81. The summed E-state index contributed by atoms with van der Waals surface area (Å²) in [6, 6.07) is 18.6. The maximum Gasteiger partial charge on any atom is 0.261 e. The summed E-state index contributed by atoms with van der Waals surface area (Å²) in [7, 11) is 3.06. The molecular weight excluding hydrogens is 396 g/mol. The van der Waals surface area contributed by atoms with Crippen molar-refractivity contribution in [1.29, 1.82) is 0 Å². The molecule has 0 aliphatic carbocycles. The number of nitrogens with zero attached hydrogens (tertiary/aromatic N) is 1. The SMILES string of the molecule is COc1ccc(OC)c(NC(=O)c2ccc(CN3C(=O)c4ccccc4C3=O)cc2)c1. The number of imide groups is 1. The second kappa shape index (κ2) is 8.31. The van der Waals surface area contributed by atoms with Crippen LogP contribution in [-0.2, 0) is 6.54 Å². The Bertz CT molecular complexity index is 1140. The highest BCUT2D eigenvalue weighted by Gasteiger charge is 2.34. The summed E-state index contributed by atoms with van der Waals surface area (Å²) >= 11 is 0. The molecule has 3 aromatic carbocycles. The normalized spacial score (nSPS) is 12.5. The van der Waals surface area contributed by atoms with Crippen LogP contribution >= 0.6 is 0 Å². The summed E-state index contributed by atoms with van der Waals surface area (Å²) in [5.74, 6) is 0.155. The summed E-state index contributed by atoms with van der Waals surface area (Å²) in [6.45, 7) is 0.137. The molecule has 0 saturated heterocycles. The first-order valence-corrected chi connectivity index (χ1v) is 9.59. The highest BCUT2D eigenvalue weighted by Crippen LogP contribution is 2.29. The summed E-state index contributed by atoms with van der Waals surface area (Å²) in [6.07, 6.45) is 0. The molecule has 1 aliphatic rings. The molecule has 0 fully saturated rings. The van der Waals surface area contributed by atoms with E-state index in [1.54, 1.807) is 73.8 Å². The van der Waals surface area contributed by atoms with E-state index in [1.807, 2.05) is 0 Å². The van der Waals surface area contributed by atoms with Crippen molar-refractivity contribution in [2.75, 3.05) is 19.5 Å². The van der Waals surface area contributed by atoms with Crippen molar-refractivity contribution >= 4 is 23.4 Å². The van der Waals surface area contributed by atoms with Crippen molar-refractivity contribution in [1.82, 2.24) is 4.90 Å². The smallest absolute Gasteiger partial charge is 0.261 e. The lowest BCUT2D eigenvalue weighted by atomic mass is 10.1. The molecule has 0 saturated carbocycles. The van der Waals surface area contributed by atoms with E-state index in [0.29, 0.717) is 33.9 Å². The van der Waals surface area contributed by atoms with Crippen LogP contribution in [0.4, 0.5) is 5.69 Å². The number of benzene rings is 3. The number of carbonyl (C=O) groups excluding carboxylic acids is 3. The van der Waals surface area contributed by atoms with Crippen LogP contribution < -0.4 is 14.8 Å². The number of amides is 3. The van der Waals surface area contributed by atoms with Gasteiger partial charge in [-0.1, -0.05) is 24.3 Å². The first-order valence-electron chi connectivity index (χ1n) is 9.59. The molecular formula is C24H20N2O5. The zero-order valence-electron chi connectivity index (χ0n) is 17.0. The Kier molecular flexibility index (Phi) is 5.41. The molecule has 1 heterocycles. The van der Waals surface area contributed by atoms with Crippen molar-refractivity contribution in [2.45, 2.75) is 6.54 Å². The Balaban J connectivity index is 1.47. The fourth-order valence-electron chi connectivity index (χ4n) is 3.43. The first-order chi connectivity index (χ1) is 15.0. The van der Waals surface area contributed by atoms with Crippen molar-refractivity contribution in [2.24, 2.45) is 0 Å². The Morgan fingerprint density at radius 3 is 2.10 bits per heavy atom. The van der Waals surface area contributed by atoms with E-state index in [0.717, 1.165) is 5.56 Å². The lowest BCUT2D eigenvalue weighted by Gasteiger charge is -2.14. The number of anilines is 1. The standard InChI is InChI=1S/C24H20N2O5/c1-30-17-11-12-21(31-2)20(13-17)25-22(27)16-9-7-15(8-10-16)14-26-23(28)18-5-3-4-6-19(18)24(26)29/h3-13H,14H2,1-2H3,(H,25,27). The third-order valence-corrected chi connectivity index (χ3v) is 5.09. The molecule has 0 unspecified atom stereocenters. The van der Waals surface area contributed by atoms with Gasteiger partial charge in [0.2, 0.25) is 0 Å². The Morgan fingerprint density at radius 2 is 1.52 bits per heavy atom. The molecule has 0 radical (unpaired) electrons. The van der Waals surface area contributed by atoms with Gasteiger partial charge in [-0.25, -0.2) is 0 Å². The quantitative estimate of drug-likeness (QED) is 0.619. The zero-order valence-corrected chi connectivity index (χ0v) is 17.0. The van der Waals surface area contributed by atoms with Gasteiger partial charge in [-0.05, 0) is 42.0 Å². The minimum Gasteiger partial charge on any atom is -0.497 e. The van der Waals surface area contributed by atoms with Gasteiger partial charge >= 0.3 is 0 Å². The molecule has 1 aliphatic heterocycles. The van der Waals surface area contributed by atoms with Gasteiger partial charge in [-0.2, -0.15) is 0 Å². The van der Waals surface area contributed by atoms with Gasteiger partial charge in [0.15, 0.2) is 0 Å². The van der Waals surface area contributed by atoms with Crippen LogP contribution in [0.3, 0.4) is 0 Å². The largest absolute Gasteiger partial charge is 0.497 e. The number of carbonyl (C=O) groups is 3. The second-order valence-electron chi connectivity index (χ2n) is 6.96.